The molecule has 1 N–H and O–H groups in total. The van der Waals surface area contributed by atoms with Gasteiger partial charge in [-0.3, -0.25) is 4.90 Å². The van der Waals surface area contributed by atoms with Gasteiger partial charge in [0.25, 0.3) is 0 Å². The van der Waals surface area contributed by atoms with Crippen LogP contribution < -0.4 is 5.32 Å². The molecule has 1 aliphatic heterocycles. The van der Waals surface area contributed by atoms with Crippen molar-refractivity contribution < 1.29 is 4.74 Å². The molecule has 0 bridgehead atoms. The maximum Gasteiger partial charge on any atom is 0.0594 e. The topological polar surface area (TPSA) is 24.5 Å². The number of nitrogens with one attached hydrogen (secondary N) is 1. The van der Waals surface area contributed by atoms with Gasteiger partial charge in [0.05, 0.1) is 13.2 Å². The molecule has 0 amide bonds. The highest BCUT2D eigenvalue weighted by Gasteiger charge is 2.28. The molecule has 2 rings (SSSR count). The Morgan fingerprint density at radius 1 is 1.22 bits per heavy atom. The van der Waals surface area contributed by atoms with E-state index < -0.39 is 0 Å². The Morgan fingerprint density at radius 3 is 2.67 bits per heavy atom. The standard InChI is InChI=1S/C15H30N2O/c1-12-5-4-6-15(14(12)3)16-13(2)11-17-7-9-18-10-8-17/h12-16H,4-11H2,1-3H3. The maximum absolute atomic E-state index is 5.40. The average Bonchev–Trinajstić information content (AvgIpc) is 2.36. The van der Waals surface area contributed by atoms with E-state index in [0.29, 0.717) is 6.04 Å². The van der Waals surface area contributed by atoms with Crippen LogP contribution in [-0.2, 0) is 4.74 Å². The van der Waals surface area contributed by atoms with Crippen molar-refractivity contribution in [3.05, 3.63) is 0 Å². The maximum atomic E-state index is 5.40. The number of ether oxygens (including phenoxy) is 1. The van der Waals surface area contributed by atoms with Crippen LogP contribution in [0.2, 0.25) is 0 Å². The molecule has 18 heavy (non-hydrogen) atoms. The van der Waals surface area contributed by atoms with E-state index in [0.717, 1.165) is 44.2 Å². The normalized spacial score (nSPS) is 36.5. The van der Waals surface area contributed by atoms with E-state index in [-0.39, 0.29) is 0 Å². The van der Waals surface area contributed by atoms with Gasteiger partial charge in [-0.05, 0) is 25.2 Å². The van der Waals surface area contributed by atoms with Crippen molar-refractivity contribution in [2.75, 3.05) is 32.8 Å². The average molecular weight is 254 g/mol. The van der Waals surface area contributed by atoms with Gasteiger partial charge in [-0.1, -0.05) is 26.7 Å². The Labute approximate surface area is 112 Å². The van der Waals surface area contributed by atoms with Gasteiger partial charge in [-0.2, -0.15) is 0 Å². The number of rotatable bonds is 4. The van der Waals surface area contributed by atoms with Crippen LogP contribution >= 0.6 is 0 Å². The van der Waals surface area contributed by atoms with Crippen molar-refractivity contribution >= 4 is 0 Å². The fourth-order valence-electron chi connectivity index (χ4n) is 3.41. The number of hydrogen-bond donors (Lipinski definition) is 1. The van der Waals surface area contributed by atoms with Crippen LogP contribution in [0.15, 0.2) is 0 Å². The molecule has 1 heterocycles. The second-order valence-corrected chi connectivity index (χ2v) is 6.35. The van der Waals surface area contributed by atoms with Crippen LogP contribution in [0, 0.1) is 11.8 Å². The zero-order valence-electron chi connectivity index (χ0n) is 12.3. The molecule has 4 unspecified atom stereocenters. The second kappa shape index (κ2) is 6.88. The minimum Gasteiger partial charge on any atom is -0.379 e. The molecule has 3 heteroatoms. The van der Waals surface area contributed by atoms with Gasteiger partial charge < -0.3 is 10.1 Å². The molecule has 2 fully saturated rings. The van der Waals surface area contributed by atoms with E-state index in [1.807, 2.05) is 0 Å². The minimum atomic E-state index is 0.598. The van der Waals surface area contributed by atoms with Crippen LogP contribution in [0.3, 0.4) is 0 Å². The third-order valence-corrected chi connectivity index (χ3v) is 4.84. The second-order valence-electron chi connectivity index (χ2n) is 6.35. The predicted molar refractivity (Wildman–Crippen MR) is 75.8 cm³/mol. The van der Waals surface area contributed by atoms with Crippen molar-refractivity contribution in [1.29, 1.82) is 0 Å². The predicted octanol–water partition coefficient (Wildman–Crippen LogP) is 2.12. The first-order valence-electron chi connectivity index (χ1n) is 7.73. The fourth-order valence-corrected chi connectivity index (χ4v) is 3.41. The first-order valence-corrected chi connectivity index (χ1v) is 7.73. The molecule has 0 radical (unpaired) electrons. The summed E-state index contributed by atoms with van der Waals surface area (Å²) in [7, 11) is 0. The summed E-state index contributed by atoms with van der Waals surface area (Å²) >= 11 is 0. The van der Waals surface area contributed by atoms with Crippen molar-refractivity contribution in [2.45, 2.75) is 52.1 Å². The summed E-state index contributed by atoms with van der Waals surface area (Å²) in [4.78, 5) is 2.53. The van der Waals surface area contributed by atoms with E-state index >= 15 is 0 Å². The Bertz CT molecular complexity index is 241. The molecule has 0 spiro atoms. The molecule has 2 aliphatic rings. The highest BCUT2D eigenvalue weighted by molar-refractivity contribution is 4.84. The van der Waals surface area contributed by atoms with E-state index in [9.17, 15) is 0 Å². The van der Waals surface area contributed by atoms with E-state index in [4.69, 9.17) is 4.74 Å². The fraction of sp³-hybridized carbons (Fsp3) is 1.00. The van der Waals surface area contributed by atoms with Gasteiger partial charge in [-0.15, -0.1) is 0 Å². The van der Waals surface area contributed by atoms with Crippen molar-refractivity contribution in [3.8, 4) is 0 Å². The van der Waals surface area contributed by atoms with Crippen LogP contribution in [-0.4, -0.2) is 49.8 Å². The van der Waals surface area contributed by atoms with Gasteiger partial charge >= 0.3 is 0 Å². The van der Waals surface area contributed by atoms with E-state index in [1.54, 1.807) is 0 Å². The van der Waals surface area contributed by atoms with Crippen molar-refractivity contribution in [1.82, 2.24) is 10.2 Å². The molecular weight excluding hydrogens is 224 g/mol. The molecule has 1 saturated carbocycles. The number of nitrogens with zero attached hydrogens (tertiary/aromatic N) is 1. The first kappa shape index (κ1) is 14.3. The highest BCUT2D eigenvalue weighted by Crippen LogP contribution is 2.29. The number of morpholine rings is 1. The van der Waals surface area contributed by atoms with Crippen molar-refractivity contribution in [3.63, 3.8) is 0 Å². The summed E-state index contributed by atoms with van der Waals surface area (Å²) in [6, 6.07) is 1.32. The molecule has 1 saturated heterocycles. The molecule has 3 nitrogen and oxygen atoms in total. The Kier molecular flexibility index (Phi) is 5.46. The van der Waals surface area contributed by atoms with Crippen LogP contribution in [0.1, 0.15) is 40.0 Å². The molecule has 1 aliphatic carbocycles. The summed E-state index contributed by atoms with van der Waals surface area (Å²) in [6.07, 6.45) is 4.17. The Hall–Kier alpha value is -0.120. The molecular formula is C15H30N2O. The summed E-state index contributed by atoms with van der Waals surface area (Å²) in [5.74, 6) is 1.71. The molecule has 0 aromatic rings. The zero-order chi connectivity index (χ0) is 13.0. The largest absolute Gasteiger partial charge is 0.379 e. The van der Waals surface area contributed by atoms with E-state index in [2.05, 4.69) is 31.0 Å². The van der Waals surface area contributed by atoms with Crippen LogP contribution in [0.4, 0.5) is 0 Å². The van der Waals surface area contributed by atoms with E-state index in [1.165, 1.54) is 25.8 Å². The summed E-state index contributed by atoms with van der Waals surface area (Å²) < 4.78 is 5.40. The quantitative estimate of drug-likeness (QED) is 0.832. The number of hydrogen-bond acceptors (Lipinski definition) is 3. The summed E-state index contributed by atoms with van der Waals surface area (Å²) in [5, 5.41) is 3.86. The minimum absolute atomic E-state index is 0.598. The lowest BCUT2D eigenvalue weighted by atomic mass is 9.78. The highest BCUT2D eigenvalue weighted by atomic mass is 16.5. The Morgan fingerprint density at radius 2 is 1.94 bits per heavy atom. The van der Waals surface area contributed by atoms with Gasteiger partial charge in [0.2, 0.25) is 0 Å². The van der Waals surface area contributed by atoms with Gasteiger partial charge in [0, 0.05) is 31.7 Å². The third kappa shape index (κ3) is 3.94. The Balaban J connectivity index is 1.73. The summed E-state index contributed by atoms with van der Waals surface area (Å²) in [5.41, 5.74) is 0. The summed E-state index contributed by atoms with van der Waals surface area (Å²) in [6.45, 7) is 12.3. The van der Waals surface area contributed by atoms with Crippen molar-refractivity contribution in [2.24, 2.45) is 11.8 Å². The lowest BCUT2D eigenvalue weighted by Gasteiger charge is -2.38. The SMILES string of the molecule is CC(CN1CCOCC1)NC1CCCC(C)C1C. The van der Waals surface area contributed by atoms with Gasteiger partial charge in [0.1, 0.15) is 0 Å². The lowest BCUT2D eigenvalue weighted by molar-refractivity contribution is 0.0326. The molecule has 106 valence electrons. The van der Waals surface area contributed by atoms with Crippen LogP contribution in [0.5, 0.6) is 0 Å². The van der Waals surface area contributed by atoms with Gasteiger partial charge in [0.15, 0.2) is 0 Å². The lowest BCUT2D eigenvalue weighted by Crippen LogP contribution is -2.50. The first-order chi connectivity index (χ1) is 8.66. The monoisotopic (exact) mass is 254 g/mol. The van der Waals surface area contributed by atoms with Crippen LogP contribution in [0.25, 0.3) is 0 Å². The third-order valence-electron chi connectivity index (χ3n) is 4.84. The smallest absolute Gasteiger partial charge is 0.0594 e. The van der Waals surface area contributed by atoms with Gasteiger partial charge in [-0.25, -0.2) is 0 Å². The molecule has 0 aromatic heterocycles. The molecule has 0 aromatic carbocycles. The molecule has 4 atom stereocenters. The zero-order valence-corrected chi connectivity index (χ0v) is 12.3.